The van der Waals surface area contributed by atoms with E-state index in [0.29, 0.717) is 21.6 Å². The summed E-state index contributed by atoms with van der Waals surface area (Å²) in [6.45, 7) is 0. The van der Waals surface area contributed by atoms with E-state index >= 15 is 0 Å². The first kappa shape index (κ1) is 21.7. The van der Waals surface area contributed by atoms with E-state index in [-0.39, 0.29) is 0 Å². The quantitative estimate of drug-likeness (QED) is 0.237. The van der Waals surface area contributed by atoms with E-state index in [1.165, 1.54) is 0 Å². The fraction of sp³-hybridized carbons (Fsp3) is 0. The molecule has 0 amide bonds. The van der Waals surface area contributed by atoms with Crippen molar-refractivity contribution in [3.05, 3.63) is 108 Å². The number of benzene rings is 4. The molecule has 0 bridgehead atoms. The molecule has 0 fully saturated rings. The van der Waals surface area contributed by atoms with E-state index in [0.717, 1.165) is 33.3 Å². The summed E-state index contributed by atoms with van der Waals surface area (Å²) in [6.07, 6.45) is 0. The van der Waals surface area contributed by atoms with Crippen LogP contribution in [0.15, 0.2) is 107 Å². The zero-order valence-electron chi connectivity index (χ0n) is 17.9. The van der Waals surface area contributed by atoms with Gasteiger partial charge in [-0.05, 0) is 54.1 Å². The van der Waals surface area contributed by atoms with Gasteiger partial charge in [-0.15, -0.1) is 0 Å². The van der Waals surface area contributed by atoms with Crippen LogP contribution in [0.2, 0.25) is 0 Å². The molecule has 0 atom stereocenters. The lowest BCUT2D eigenvalue weighted by molar-refractivity contribution is 1.03. The molecule has 0 spiro atoms. The van der Waals surface area contributed by atoms with Crippen LogP contribution >= 0.6 is 24.4 Å². The molecule has 4 aromatic rings. The van der Waals surface area contributed by atoms with E-state index in [2.05, 4.69) is 43.8 Å². The summed E-state index contributed by atoms with van der Waals surface area (Å²) in [7, 11) is 0. The fourth-order valence-corrected chi connectivity index (χ4v) is 4.12. The van der Waals surface area contributed by atoms with Crippen LogP contribution in [-0.2, 0) is 0 Å². The van der Waals surface area contributed by atoms with Crippen molar-refractivity contribution in [2.24, 2.45) is 10.2 Å². The second kappa shape index (κ2) is 9.78. The topological polar surface area (TPSA) is 72.8 Å². The Kier molecular flexibility index (Phi) is 6.24. The number of nitrogens with one attached hydrogen (secondary N) is 4. The minimum Gasteiger partial charge on any atom is -0.331 e. The second-order valence-electron chi connectivity index (χ2n) is 7.49. The molecule has 0 saturated heterocycles. The van der Waals surface area contributed by atoms with Gasteiger partial charge >= 0.3 is 0 Å². The molecule has 0 aromatic heterocycles. The van der Waals surface area contributed by atoms with Gasteiger partial charge in [0.25, 0.3) is 0 Å². The van der Waals surface area contributed by atoms with E-state index in [1.54, 1.807) is 0 Å². The van der Waals surface area contributed by atoms with Crippen LogP contribution in [-0.4, -0.2) is 21.6 Å². The van der Waals surface area contributed by atoms with Gasteiger partial charge in [0.05, 0.1) is 0 Å². The zero-order chi connectivity index (χ0) is 23.3. The number of nitrogens with zero attached hydrogens (tertiary/aromatic N) is 2. The molecule has 0 aliphatic heterocycles. The maximum absolute atomic E-state index is 5.44. The molecule has 8 heteroatoms. The summed E-state index contributed by atoms with van der Waals surface area (Å²) in [6, 6.07) is 31.6. The summed E-state index contributed by atoms with van der Waals surface area (Å²) in [5.41, 5.74) is 11.0. The molecule has 0 unspecified atom stereocenters. The Bertz CT molecular complexity index is 1330. The molecule has 0 saturated carbocycles. The van der Waals surface area contributed by atoms with Crippen molar-refractivity contribution in [2.45, 2.75) is 0 Å². The van der Waals surface area contributed by atoms with Crippen LogP contribution in [0.25, 0.3) is 10.8 Å². The third kappa shape index (κ3) is 4.63. The average molecular weight is 481 g/mol. The molecule has 5 rings (SSSR count). The molecule has 4 aromatic carbocycles. The molecular formula is C26H20N6S2. The number of para-hydroxylation sites is 2. The zero-order valence-corrected chi connectivity index (χ0v) is 19.6. The number of rotatable bonds is 4. The van der Waals surface area contributed by atoms with Gasteiger partial charge in [0.2, 0.25) is 0 Å². The van der Waals surface area contributed by atoms with Crippen molar-refractivity contribution in [3.63, 3.8) is 0 Å². The molecule has 34 heavy (non-hydrogen) atoms. The highest BCUT2D eigenvalue weighted by Gasteiger charge is 2.27. The number of hydrogen-bond acceptors (Lipinski definition) is 4. The molecule has 6 nitrogen and oxygen atoms in total. The number of thiocarbonyl (C=S) groups is 2. The highest BCUT2D eigenvalue weighted by Crippen LogP contribution is 2.31. The fourth-order valence-electron chi connectivity index (χ4n) is 3.79. The second-order valence-corrected chi connectivity index (χ2v) is 8.31. The van der Waals surface area contributed by atoms with Gasteiger partial charge in [-0.1, -0.05) is 72.8 Å². The van der Waals surface area contributed by atoms with Gasteiger partial charge in [-0.25, -0.2) is 0 Å². The van der Waals surface area contributed by atoms with Gasteiger partial charge < -0.3 is 10.6 Å². The third-order valence-electron chi connectivity index (χ3n) is 5.24. The van der Waals surface area contributed by atoms with Crippen LogP contribution in [0.1, 0.15) is 11.1 Å². The van der Waals surface area contributed by atoms with Gasteiger partial charge in [-0.3, -0.25) is 10.9 Å². The Labute approximate surface area is 207 Å². The van der Waals surface area contributed by atoms with Crippen LogP contribution in [0.3, 0.4) is 0 Å². The summed E-state index contributed by atoms with van der Waals surface area (Å²) < 4.78 is 0. The molecule has 4 N–H and O–H groups in total. The van der Waals surface area contributed by atoms with E-state index in [4.69, 9.17) is 24.4 Å². The SMILES string of the molecule is S=C(N/N=C1\C(=N\NC(=S)Nc2ccccc2)c2cccc3cccc1c23)Nc1ccccc1. The van der Waals surface area contributed by atoms with Crippen LogP contribution in [0, 0.1) is 0 Å². The molecule has 0 radical (unpaired) electrons. The molecule has 0 heterocycles. The van der Waals surface area contributed by atoms with E-state index < -0.39 is 0 Å². The first-order chi connectivity index (χ1) is 16.7. The summed E-state index contributed by atoms with van der Waals surface area (Å²) in [5.74, 6) is 0. The number of hydrogen-bond donors (Lipinski definition) is 4. The molecular weight excluding hydrogens is 460 g/mol. The van der Waals surface area contributed by atoms with Crippen molar-refractivity contribution in [2.75, 3.05) is 10.6 Å². The average Bonchev–Trinajstić information content (AvgIpc) is 3.17. The highest BCUT2D eigenvalue weighted by molar-refractivity contribution is 7.80. The van der Waals surface area contributed by atoms with E-state index in [1.807, 2.05) is 84.9 Å². The predicted molar refractivity (Wildman–Crippen MR) is 149 cm³/mol. The normalized spacial score (nSPS) is 14.2. The van der Waals surface area contributed by atoms with Crippen molar-refractivity contribution in [1.29, 1.82) is 0 Å². The number of hydrazone groups is 2. The van der Waals surface area contributed by atoms with Crippen molar-refractivity contribution >= 4 is 68.2 Å². The first-order valence-corrected chi connectivity index (χ1v) is 11.4. The summed E-state index contributed by atoms with van der Waals surface area (Å²) in [5, 5.41) is 18.5. The maximum atomic E-state index is 5.44. The maximum Gasteiger partial charge on any atom is 0.191 e. The minimum absolute atomic E-state index is 0.385. The Hall–Kier alpha value is -4.14. The molecule has 166 valence electrons. The van der Waals surface area contributed by atoms with Crippen LogP contribution < -0.4 is 21.5 Å². The highest BCUT2D eigenvalue weighted by atomic mass is 32.1. The van der Waals surface area contributed by atoms with Gasteiger partial charge in [0, 0.05) is 27.9 Å². The van der Waals surface area contributed by atoms with Gasteiger partial charge in [-0.2, -0.15) is 10.2 Å². The Morgan fingerprint density at radius 3 is 1.41 bits per heavy atom. The van der Waals surface area contributed by atoms with Gasteiger partial charge in [0.15, 0.2) is 10.2 Å². The lowest BCUT2D eigenvalue weighted by atomic mass is 10.1. The lowest BCUT2D eigenvalue weighted by Crippen LogP contribution is -2.29. The summed E-state index contributed by atoms with van der Waals surface area (Å²) >= 11 is 10.9. The first-order valence-electron chi connectivity index (χ1n) is 10.6. The van der Waals surface area contributed by atoms with Crippen LogP contribution in [0.4, 0.5) is 11.4 Å². The van der Waals surface area contributed by atoms with Crippen LogP contribution in [0.5, 0.6) is 0 Å². The summed E-state index contributed by atoms with van der Waals surface area (Å²) in [4.78, 5) is 0. The predicted octanol–water partition coefficient (Wildman–Crippen LogP) is 5.23. The molecule has 1 aliphatic carbocycles. The largest absolute Gasteiger partial charge is 0.331 e. The van der Waals surface area contributed by atoms with Crippen molar-refractivity contribution in [3.8, 4) is 0 Å². The monoisotopic (exact) mass is 480 g/mol. The standard InChI is InChI=1S/C26H20N6S2/c33-25(27-18-11-3-1-4-12-18)31-29-23-20-15-7-9-17-10-8-16-21(22(17)20)24(23)30-32-26(34)28-19-13-5-2-6-14-19/h1-16H,(H2,27,31,33)(H2,28,32,34)/b29-23-,30-24+. The molecule has 1 aliphatic rings. The smallest absolute Gasteiger partial charge is 0.191 e. The van der Waals surface area contributed by atoms with Crippen molar-refractivity contribution in [1.82, 2.24) is 10.9 Å². The Morgan fingerprint density at radius 1 is 0.529 bits per heavy atom. The van der Waals surface area contributed by atoms with Gasteiger partial charge in [0.1, 0.15) is 11.4 Å². The minimum atomic E-state index is 0.385. The Balaban J connectivity index is 1.43. The third-order valence-corrected chi connectivity index (χ3v) is 5.63. The Morgan fingerprint density at radius 2 is 0.971 bits per heavy atom. The number of anilines is 2. The lowest BCUT2D eigenvalue weighted by Gasteiger charge is -2.10. The van der Waals surface area contributed by atoms with Crippen molar-refractivity contribution < 1.29 is 0 Å². The van der Waals surface area contributed by atoms with E-state index in [9.17, 15) is 0 Å².